The molecule has 3 nitrogen and oxygen atoms in total. The average Bonchev–Trinajstić information content (AvgIpc) is 2.72. The second kappa shape index (κ2) is 5.93. The number of phenols is 1. The smallest absolute Gasteiger partial charge is 0.125 e. The maximum Gasteiger partial charge on any atom is 0.125 e. The van der Waals surface area contributed by atoms with Crippen LogP contribution in [0, 0.1) is 6.92 Å². The summed E-state index contributed by atoms with van der Waals surface area (Å²) in [5, 5.41) is 11.0. The van der Waals surface area contributed by atoms with Crippen molar-refractivity contribution in [1.82, 2.24) is 9.88 Å². The van der Waals surface area contributed by atoms with Gasteiger partial charge in [-0.05, 0) is 37.6 Å². The lowest BCUT2D eigenvalue weighted by Gasteiger charge is -2.18. The number of aromatic amines is 1. The number of aromatic nitrogens is 1. The molecule has 2 N–H and O–H groups in total. The highest BCUT2D eigenvalue weighted by atomic mass is 16.3. The van der Waals surface area contributed by atoms with Crippen LogP contribution >= 0.6 is 0 Å². The Hall–Kier alpha value is -1.74. The number of hydrogen-bond donors (Lipinski definition) is 2. The number of benzene rings is 1. The summed E-state index contributed by atoms with van der Waals surface area (Å²) < 4.78 is 0. The lowest BCUT2D eigenvalue weighted by Crippen LogP contribution is -2.25. The molecule has 102 valence electrons. The second-order valence-electron chi connectivity index (χ2n) is 4.86. The fraction of sp³-hybridized carbons (Fsp3) is 0.375. The van der Waals surface area contributed by atoms with Crippen LogP contribution in [-0.2, 0) is 6.42 Å². The van der Waals surface area contributed by atoms with Gasteiger partial charge in [0.05, 0.1) is 0 Å². The van der Waals surface area contributed by atoms with Gasteiger partial charge in [-0.25, -0.2) is 0 Å². The van der Waals surface area contributed by atoms with E-state index in [0.717, 1.165) is 42.7 Å². The SMILES string of the molecule is C=CCN(CC)CCc1c(C)[nH]c2cccc(O)c12. The van der Waals surface area contributed by atoms with Gasteiger partial charge in [0, 0.05) is 29.7 Å². The molecule has 0 radical (unpaired) electrons. The summed E-state index contributed by atoms with van der Waals surface area (Å²) in [4.78, 5) is 5.68. The average molecular weight is 258 g/mol. The van der Waals surface area contributed by atoms with Crippen molar-refractivity contribution >= 4 is 10.9 Å². The summed E-state index contributed by atoms with van der Waals surface area (Å²) in [7, 11) is 0. The van der Waals surface area contributed by atoms with Crippen LogP contribution in [0.5, 0.6) is 5.75 Å². The first kappa shape index (κ1) is 13.7. The topological polar surface area (TPSA) is 39.3 Å². The van der Waals surface area contributed by atoms with Gasteiger partial charge in [-0.3, -0.25) is 4.90 Å². The van der Waals surface area contributed by atoms with E-state index in [-0.39, 0.29) is 0 Å². The van der Waals surface area contributed by atoms with Crippen molar-refractivity contribution in [2.24, 2.45) is 0 Å². The number of H-pyrrole nitrogens is 1. The predicted octanol–water partition coefficient (Wildman–Crippen LogP) is 3.23. The molecule has 0 bridgehead atoms. The third kappa shape index (κ3) is 2.82. The number of nitrogens with zero attached hydrogens (tertiary/aromatic N) is 1. The van der Waals surface area contributed by atoms with E-state index in [1.807, 2.05) is 18.2 Å². The maximum absolute atomic E-state index is 10.0. The van der Waals surface area contributed by atoms with Gasteiger partial charge in [-0.15, -0.1) is 6.58 Å². The van der Waals surface area contributed by atoms with Gasteiger partial charge < -0.3 is 10.1 Å². The Labute approximate surface area is 114 Å². The summed E-state index contributed by atoms with van der Waals surface area (Å²) in [5.74, 6) is 0.364. The van der Waals surface area contributed by atoms with Crippen molar-refractivity contribution in [3.8, 4) is 5.75 Å². The lowest BCUT2D eigenvalue weighted by molar-refractivity contribution is 0.323. The minimum Gasteiger partial charge on any atom is -0.507 e. The van der Waals surface area contributed by atoms with Crippen LogP contribution in [0.1, 0.15) is 18.2 Å². The van der Waals surface area contributed by atoms with E-state index < -0.39 is 0 Å². The van der Waals surface area contributed by atoms with Gasteiger partial charge >= 0.3 is 0 Å². The molecular formula is C16H22N2O. The number of aryl methyl sites for hydroxylation is 1. The van der Waals surface area contributed by atoms with E-state index >= 15 is 0 Å². The molecule has 0 saturated carbocycles. The van der Waals surface area contributed by atoms with Crippen molar-refractivity contribution in [2.45, 2.75) is 20.3 Å². The first-order valence-corrected chi connectivity index (χ1v) is 6.79. The number of hydrogen-bond acceptors (Lipinski definition) is 2. The molecule has 0 atom stereocenters. The third-order valence-electron chi connectivity index (χ3n) is 3.63. The maximum atomic E-state index is 10.0. The third-order valence-corrected chi connectivity index (χ3v) is 3.63. The zero-order chi connectivity index (χ0) is 13.8. The Morgan fingerprint density at radius 3 is 2.89 bits per heavy atom. The first-order valence-electron chi connectivity index (χ1n) is 6.79. The Kier molecular flexibility index (Phi) is 4.27. The predicted molar refractivity (Wildman–Crippen MR) is 80.7 cm³/mol. The fourth-order valence-electron chi connectivity index (χ4n) is 2.57. The van der Waals surface area contributed by atoms with E-state index in [1.165, 1.54) is 5.56 Å². The zero-order valence-electron chi connectivity index (χ0n) is 11.7. The van der Waals surface area contributed by atoms with Gasteiger partial charge in [0.2, 0.25) is 0 Å². The molecule has 1 aromatic carbocycles. The van der Waals surface area contributed by atoms with Crippen LogP contribution in [0.3, 0.4) is 0 Å². The highest BCUT2D eigenvalue weighted by Crippen LogP contribution is 2.30. The van der Waals surface area contributed by atoms with Gasteiger partial charge in [0.1, 0.15) is 5.75 Å². The summed E-state index contributed by atoms with van der Waals surface area (Å²) >= 11 is 0. The summed E-state index contributed by atoms with van der Waals surface area (Å²) in [6, 6.07) is 5.63. The molecule has 1 aromatic heterocycles. The number of fused-ring (bicyclic) bond motifs is 1. The largest absolute Gasteiger partial charge is 0.507 e. The van der Waals surface area contributed by atoms with Crippen molar-refractivity contribution in [2.75, 3.05) is 19.6 Å². The monoisotopic (exact) mass is 258 g/mol. The highest BCUT2D eigenvalue weighted by molar-refractivity contribution is 5.90. The van der Waals surface area contributed by atoms with Crippen LogP contribution in [0.25, 0.3) is 10.9 Å². The Morgan fingerprint density at radius 2 is 2.21 bits per heavy atom. The van der Waals surface area contributed by atoms with Gasteiger partial charge in [0.25, 0.3) is 0 Å². The van der Waals surface area contributed by atoms with Gasteiger partial charge in [-0.2, -0.15) is 0 Å². The number of nitrogens with one attached hydrogen (secondary N) is 1. The standard InChI is InChI=1S/C16H22N2O/c1-4-10-18(5-2)11-9-13-12(3)17-14-7-6-8-15(19)16(13)14/h4,6-8,17,19H,1,5,9-11H2,2-3H3. The van der Waals surface area contributed by atoms with E-state index in [0.29, 0.717) is 5.75 Å². The molecular weight excluding hydrogens is 236 g/mol. The molecule has 0 amide bonds. The quantitative estimate of drug-likeness (QED) is 0.781. The summed E-state index contributed by atoms with van der Waals surface area (Å²) in [6.45, 7) is 10.9. The fourth-order valence-corrected chi connectivity index (χ4v) is 2.57. The van der Waals surface area contributed by atoms with Crippen LogP contribution in [-0.4, -0.2) is 34.6 Å². The molecule has 0 spiro atoms. The van der Waals surface area contributed by atoms with Crippen molar-refractivity contribution in [3.05, 3.63) is 42.1 Å². The van der Waals surface area contributed by atoms with Gasteiger partial charge in [-0.1, -0.05) is 19.1 Å². The van der Waals surface area contributed by atoms with Crippen molar-refractivity contribution < 1.29 is 5.11 Å². The molecule has 1 heterocycles. The molecule has 2 rings (SSSR count). The lowest BCUT2D eigenvalue weighted by atomic mass is 10.1. The number of rotatable bonds is 6. The van der Waals surface area contributed by atoms with Crippen LogP contribution in [0.4, 0.5) is 0 Å². The van der Waals surface area contributed by atoms with Crippen LogP contribution in [0.15, 0.2) is 30.9 Å². The summed E-state index contributed by atoms with van der Waals surface area (Å²) in [5.41, 5.74) is 3.38. The second-order valence-corrected chi connectivity index (χ2v) is 4.86. The Bertz CT molecular complexity index is 571. The zero-order valence-corrected chi connectivity index (χ0v) is 11.7. The Morgan fingerprint density at radius 1 is 1.42 bits per heavy atom. The minimum absolute atomic E-state index is 0.364. The molecule has 0 saturated heterocycles. The number of aromatic hydroxyl groups is 1. The normalized spacial score (nSPS) is 11.3. The Balaban J connectivity index is 2.25. The van der Waals surface area contributed by atoms with E-state index in [1.54, 1.807) is 6.07 Å². The van der Waals surface area contributed by atoms with E-state index in [9.17, 15) is 5.11 Å². The number of likely N-dealkylation sites (N-methyl/N-ethyl adjacent to an activating group) is 1. The summed E-state index contributed by atoms with van der Waals surface area (Å²) in [6.07, 6.45) is 2.87. The molecule has 0 unspecified atom stereocenters. The van der Waals surface area contributed by atoms with Crippen molar-refractivity contribution in [1.29, 1.82) is 0 Å². The van der Waals surface area contributed by atoms with E-state index in [2.05, 4.69) is 30.3 Å². The molecule has 2 aromatic rings. The highest BCUT2D eigenvalue weighted by Gasteiger charge is 2.12. The first-order chi connectivity index (χ1) is 9.17. The molecule has 0 fully saturated rings. The molecule has 19 heavy (non-hydrogen) atoms. The molecule has 3 heteroatoms. The molecule has 0 aliphatic carbocycles. The van der Waals surface area contributed by atoms with Gasteiger partial charge in [0.15, 0.2) is 0 Å². The molecule has 0 aliphatic heterocycles. The minimum atomic E-state index is 0.364. The van der Waals surface area contributed by atoms with Crippen molar-refractivity contribution in [3.63, 3.8) is 0 Å². The van der Waals surface area contributed by atoms with Crippen LogP contribution < -0.4 is 0 Å². The van der Waals surface area contributed by atoms with E-state index in [4.69, 9.17) is 0 Å². The molecule has 0 aliphatic rings. The number of phenolic OH excluding ortho intramolecular Hbond substituents is 1. The van der Waals surface area contributed by atoms with Crippen LogP contribution in [0.2, 0.25) is 0 Å².